The fourth-order valence-corrected chi connectivity index (χ4v) is 0.955. The Morgan fingerprint density at radius 3 is 2.82 bits per heavy atom. The second-order valence-corrected chi connectivity index (χ2v) is 2.53. The molecule has 11 heavy (non-hydrogen) atoms. The Morgan fingerprint density at radius 2 is 2.27 bits per heavy atom. The first-order valence-corrected chi connectivity index (χ1v) is 3.46. The van der Waals surface area contributed by atoms with Gasteiger partial charge in [-0.3, -0.25) is 0 Å². The van der Waals surface area contributed by atoms with Crippen molar-refractivity contribution in [3.05, 3.63) is 28.8 Å². The van der Waals surface area contributed by atoms with Crippen molar-refractivity contribution >= 4 is 11.6 Å². The first-order chi connectivity index (χ1) is 5.24. The van der Waals surface area contributed by atoms with Crippen LogP contribution in [0.4, 0.5) is 0 Å². The van der Waals surface area contributed by atoms with E-state index in [1.807, 2.05) is 6.07 Å². The molecule has 0 aliphatic heterocycles. The monoisotopic (exact) mass is 167 g/mol. The highest BCUT2D eigenvalue weighted by Gasteiger charge is 1.98. The molecule has 0 fully saturated rings. The second kappa shape index (κ2) is 3.27. The lowest BCUT2D eigenvalue weighted by Gasteiger charge is -1.97. The van der Waals surface area contributed by atoms with Gasteiger partial charge in [-0.1, -0.05) is 17.7 Å². The van der Waals surface area contributed by atoms with Crippen molar-refractivity contribution in [1.29, 1.82) is 5.26 Å². The van der Waals surface area contributed by atoms with Crippen molar-refractivity contribution in [2.75, 3.05) is 0 Å². The topological polar surface area (TPSA) is 44.0 Å². The third kappa shape index (κ3) is 1.86. The molecule has 2 nitrogen and oxygen atoms in total. The van der Waals surface area contributed by atoms with Crippen LogP contribution >= 0.6 is 11.6 Å². The standard InChI is InChI=1S/C8H6ClNO/c9-7-5-6(3-4-10)1-2-8(7)11/h1-2,5,11H,3H2. The van der Waals surface area contributed by atoms with E-state index in [2.05, 4.69) is 0 Å². The van der Waals surface area contributed by atoms with Crippen LogP contribution in [0, 0.1) is 11.3 Å². The fraction of sp³-hybridized carbons (Fsp3) is 0.125. The molecule has 0 saturated heterocycles. The van der Waals surface area contributed by atoms with Gasteiger partial charge in [0.15, 0.2) is 0 Å². The number of phenols is 1. The molecule has 1 aromatic carbocycles. The number of benzene rings is 1. The Bertz CT molecular complexity index is 303. The van der Waals surface area contributed by atoms with E-state index in [9.17, 15) is 0 Å². The third-order valence-electron chi connectivity index (χ3n) is 1.30. The average molecular weight is 168 g/mol. The van der Waals surface area contributed by atoms with E-state index < -0.39 is 0 Å². The summed E-state index contributed by atoms with van der Waals surface area (Å²) in [4.78, 5) is 0. The second-order valence-electron chi connectivity index (χ2n) is 2.12. The van der Waals surface area contributed by atoms with Gasteiger partial charge < -0.3 is 5.11 Å². The van der Waals surface area contributed by atoms with Gasteiger partial charge in [0.1, 0.15) is 5.75 Å². The zero-order valence-corrected chi connectivity index (χ0v) is 6.47. The summed E-state index contributed by atoms with van der Waals surface area (Å²) in [5.74, 6) is 0.0494. The largest absolute Gasteiger partial charge is 0.506 e. The maximum Gasteiger partial charge on any atom is 0.134 e. The minimum absolute atomic E-state index is 0.0494. The maximum absolute atomic E-state index is 9.00. The number of halogens is 1. The normalized spacial score (nSPS) is 9.09. The first-order valence-electron chi connectivity index (χ1n) is 3.08. The van der Waals surface area contributed by atoms with Crippen LogP contribution in [0.15, 0.2) is 18.2 Å². The zero-order valence-electron chi connectivity index (χ0n) is 5.71. The molecule has 1 aromatic rings. The van der Waals surface area contributed by atoms with Crippen LogP contribution in [0.1, 0.15) is 5.56 Å². The molecule has 1 rings (SSSR count). The van der Waals surface area contributed by atoms with Crippen molar-refractivity contribution < 1.29 is 5.11 Å². The molecule has 0 spiro atoms. The third-order valence-corrected chi connectivity index (χ3v) is 1.60. The van der Waals surface area contributed by atoms with Gasteiger partial charge in [-0.15, -0.1) is 0 Å². The van der Waals surface area contributed by atoms with Crippen LogP contribution in [0.25, 0.3) is 0 Å². The molecule has 0 bridgehead atoms. The van der Waals surface area contributed by atoms with E-state index in [0.717, 1.165) is 5.56 Å². The van der Waals surface area contributed by atoms with E-state index in [4.69, 9.17) is 22.0 Å². The van der Waals surface area contributed by atoms with Crippen LogP contribution < -0.4 is 0 Å². The Balaban J connectivity index is 2.98. The minimum atomic E-state index is 0.0494. The number of nitrogens with zero attached hydrogens (tertiary/aromatic N) is 1. The van der Waals surface area contributed by atoms with E-state index in [1.54, 1.807) is 12.1 Å². The molecule has 3 heteroatoms. The minimum Gasteiger partial charge on any atom is -0.506 e. The van der Waals surface area contributed by atoms with Crippen LogP contribution in [-0.2, 0) is 6.42 Å². The van der Waals surface area contributed by atoms with E-state index in [1.165, 1.54) is 6.07 Å². The molecule has 1 N–H and O–H groups in total. The average Bonchev–Trinajstić information content (AvgIpc) is 1.98. The number of phenolic OH excluding ortho intramolecular Hbond substituents is 1. The lowest BCUT2D eigenvalue weighted by Crippen LogP contribution is -1.80. The van der Waals surface area contributed by atoms with Crippen LogP contribution in [0.3, 0.4) is 0 Å². The molecule has 0 aliphatic rings. The van der Waals surface area contributed by atoms with Gasteiger partial charge in [0, 0.05) is 0 Å². The number of hydrogen-bond donors (Lipinski definition) is 1. The summed E-state index contributed by atoms with van der Waals surface area (Å²) in [6.45, 7) is 0. The van der Waals surface area contributed by atoms with Crippen molar-refractivity contribution in [2.45, 2.75) is 6.42 Å². The van der Waals surface area contributed by atoms with Crippen LogP contribution in [0.2, 0.25) is 5.02 Å². The summed E-state index contributed by atoms with van der Waals surface area (Å²) in [6, 6.07) is 6.73. The Morgan fingerprint density at radius 1 is 1.55 bits per heavy atom. The van der Waals surface area contributed by atoms with E-state index in [0.29, 0.717) is 6.42 Å². The Kier molecular flexibility index (Phi) is 2.35. The van der Waals surface area contributed by atoms with Crippen LogP contribution in [0.5, 0.6) is 5.75 Å². The number of hydrogen-bond acceptors (Lipinski definition) is 2. The smallest absolute Gasteiger partial charge is 0.134 e. The maximum atomic E-state index is 9.00. The van der Waals surface area contributed by atoms with Gasteiger partial charge in [0.2, 0.25) is 0 Å². The molecule has 0 atom stereocenters. The molecular weight excluding hydrogens is 162 g/mol. The molecule has 0 unspecified atom stereocenters. The zero-order chi connectivity index (χ0) is 8.27. The Hall–Kier alpha value is -1.20. The molecule has 0 aromatic heterocycles. The van der Waals surface area contributed by atoms with Crippen molar-refractivity contribution in [1.82, 2.24) is 0 Å². The molecule has 0 heterocycles. The molecule has 0 saturated carbocycles. The van der Waals surface area contributed by atoms with Gasteiger partial charge in [-0.2, -0.15) is 5.26 Å². The number of nitriles is 1. The van der Waals surface area contributed by atoms with Gasteiger partial charge in [-0.25, -0.2) is 0 Å². The summed E-state index contributed by atoms with van der Waals surface area (Å²) in [5, 5.41) is 17.6. The predicted molar refractivity (Wildman–Crippen MR) is 42.4 cm³/mol. The van der Waals surface area contributed by atoms with Gasteiger partial charge >= 0.3 is 0 Å². The highest BCUT2D eigenvalue weighted by atomic mass is 35.5. The summed E-state index contributed by atoms with van der Waals surface area (Å²) in [5.41, 5.74) is 0.815. The van der Waals surface area contributed by atoms with E-state index >= 15 is 0 Å². The molecular formula is C8H6ClNO. The molecule has 56 valence electrons. The summed E-state index contributed by atoms with van der Waals surface area (Å²) in [7, 11) is 0. The molecule has 0 amide bonds. The predicted octanol–water partition coefficient (Wildman–Crippen LogP) is 2.11. The summed E-state index contributed by atoms with van der Waals surface area (Å²) >= 11 is 5.59. The van der Waals surface area contributed by atoms with E-state index in [-0.39, 0.29) is 10.8 Å². The molecule has 0 aliphatic carbocycles. The fourth-order valence-electron chi connectivity index (χ4n) is 0.752. The van der Waals surface area contributed by atoms with Crippen LogP contribution in [-0.4, -0.2) is 5.11 Å². The van der Waals surface area contributed by atoms with Crippen molar-refractivity contribution in [3.63, 3.8) is 0 Å². The highest BCUT2D eigenvalue weighted by Crippen LogP contribution is 2.23. The summed E-state index contributed by atoms with van der Waals surface area (Å²) < 4.78 is 0. The quantitative estimate of drug-likeness (QED) is 0.696. The number of rotatable bonds is 1. The van der Waals surface area contributed by atoms with Gasteiger partial charge in [-0.05, 0) is 17.7 Å². The molecule has 0 radical (unpaired) electrons. The summed E-state index contributed by atoms with van der Waals surface area (Å²) in [6.07, 6.45) is 0.319. The van der Waals surface area contributed by atoms with Crippen molar-refractivity contribution in [3.8, 4) is 11.8 Å². The Labute approximate surface area is 69.7 Å². The first kappa shape index (κ1) is 7.90. The van der Waals surface area contributed by atoms with Crippen molar-refractivity contribution in [2.24, 2.45) is 0 Å². The van der Waals surface area contributed by atoms with Gasteiger partial charge in [0.05, 0.1) is 17.5 Å². The van der Waals surface area contributed by atoms with Gasteiger partial charge in [0.25, 0.3) is 0 Å². The SMILES string of the molecule is N#CCc1ccc(O)c(Cl)c1. The number of aromatic hydroxyl groups is 1. The lowest BCUT2D eigenvalue weighted by molar-refractivity contribution is 0.475. The highest BCUT2D eigenvalue weighted by molar-refractivity contribution is 6.32. The lowest BCUT2D eigenvalue weighted by atomic mass is 10.2.